The van der Waals surface area contributed by atoms with Crippen LogP contribution in [0.4, 0.5) is 0 Å². The number of likely N-dealkylation sites (tertiary alicyclic amines) is 1. The standard InChI is InChI=1S/C28H41N3O/c1-30(2)20-13-5-3-4-6-14-21-31-22-19-26(23-31)28(27(29)32,24-15-9-7-10-16-24)25-17-11-8-12-18-25/h7-12,15-18,26H,3-6,13-14,19-23H2,1-2H3,(H2,29,32)/t26-/m1/s1. The summed E-state index contributed by atoms with van der Waals surface area (Å²) < 4.78 is 0. The van der Waals surface area contributed by atoms with Gasteiger partial charge >= 0.3 is 0 Å². The first-order valence-corrected chi connectivity index (χ1v) is 12.3. The van der Waals surface area contributed by atoms with Gasteiger partial charge in [-0.25, -0.2) is 0 Å². The molecule has 1 aliphatic rings. The van der Waals surface area contributed by atoms with E-state index in [1.807, 2.05) is 36.4 Å². The summed E-state index contributed by atoms with van der Waals surface area (Å²) in [6.07, 6.45) is 8.82. The lowest BCUT2D eigenvalue weighted by Gasteiger charge is -2.37. The first-order chi connectivity index (χ1) is 15.5. The van der Waals surface area contributed by atoms with E-state index in [1.165, 1.54) is 45.1 Å². The summed E-state index contributed by atoms with van der Waals surface area (Å²) in [6, 6.07) is 20.3. The summed E-state index contributed by atoms with van der Waals surface area (Å²) in [4.78, 5) is 18.0. The zero-order chi connectivity index (χ0) is 22.8. The van der Waals surface area contributed by atoms with E-state index in [-0.39, 0.29) is 11.8 Å². The molecule has 1 amide bonds. The predicted octanol–water partition coefficient (Wildman–Crippen LogP) is 4.68. The van der Waals surface area contributed by atoms with Gasteiger partial charge in [0.2, 0.25) is 5.91 Å². The molecule has 0 radical (unpaired) electrons. The SMILES string of the molecule is CN(C)CCCCCCCCN1CC[C@@H](C(C(N)=O)(c2ccccc2)c2ccccc2)C1. The number of amides is 1. The number of rotatable bonds is 13. The largest absolute Gasteiger partial charge is 0.369 e. The van der Waals surface area contributed by atoms with Crippen LogP contribution in [0.2, 0.25) is 0 Å². The lowest BCUT2D eigenvalue weighted by molar-refractivity contribution is -0.123. The Morgan fingerprint density at radius 2 is 1.44 bits per heavy atom. The molecule has 2 aromatic rings. The maximum atomic E-state index is 13.1. The summed E-state index contributed by atoms with van der Waals surface area (Å²) in [5, 5.41) is 0. The third-order valence-electron chi connectivity index (χ3n) is 7.06. The molecule has 2 N–H and O–H groups in total. The highest BCUT2D eigenvalue weighted by molar-refractivity contribution is 5.91. The highest BCUT2D eigenvalue weighted by atomic mass is 16.1. The quantitative estimate of drug-likeness (QED) is 0.465. The van der Waals surface area contributed by atoms with Gasteiger partial charge in [-0.1, -0.05) is 86.3 Å². The van der Waals surface area contributed by atoms with Gasteiger partial charge in [0.1, 0.15) is 5.41 Å². The zero-order valence-electron chi connectivity index (χ0n) is 20.0. The lowest BCUT2D eigenvalue weighted by atomic mass is 9.64. The molecule has 1 atom stereocenters. The van der Waals surface area contributed by atoms with Gasteiger partial charge in [0.15, 0.2) is 0 Å². The molecule has 4 nitrogen and oxygen atoms in total. The fraction of sp³-hybridized carbons (Fsp3) is 0.536. The maximum absolute atomic E-state index is 13.1. The number of nitrogens with two attached hydrogens (primary N) is 1. The Labute approximate surface area is 194 Å². The van der Waals surface area contributed by atoms with Gasteiger partial charge < -0.3 is 15.5 Å². The molecule has 0 bridgehead atoms. The third kappa shape index (κ3) is 5.99. The van der Waals surface area contributed by atoms with E-state index in [9.17, 15) is 4.79 Å². The van der Waals surface area contributed by atoms with Crippen LogP contribution in [0.1, 0.15) is 56.1 Å². The van der Waals surface area contributed by atoms with Gasteiger partial charge in [-0.15, -0.1) is 0 Å². The number of hydrogen-bond acceptors (Lipinski definition) is 3. The van der Waals surface area contributed by atoms with Gasteiger partial charge in [0.05, 0.1) is 0 Å². The van der Waals surface area contributed by atoms with Crippen LogP contribution in [0.5, 0.6) is 0 Å². The van der Waals surface area contributed by atoms with Crippen molar-refractivity contribution >= 4 is 5.91 Å². The molecule has 0 aliphatic carbocycles. The Kier molecular flexibility index (Phi) is 9.31. The third-order valence-corrected chi connectivity index (χ3v) is 7.06. The van der Waals surface area contributed by atoms with Crippen molar-refractivity contribution in [1.82, 2.24) is 9.80 Å². The minimum absolute atomic E-state index is 0.191. The fourth-order valence-electron chi connectivity index (χ4n) is 5.39. The van der Waals surface area contributed by atoms with E-state index in [2.05, 4.69) is 48.2 Å². The summed E-state index contributed by atoms with van der Waals surface area (Å²) in [5.41, 5.74) is 7.46. The monoisotopic (exact) mass is 435 g/mol. The molecular formula is C28H41N3O. The molecule has 2 aromatic carbocycles. The minimum Gasteiger partial charge on any atom is -0.369 e. The molecule has 0 unspecified atom stereocenters. The van der Waals surface area contributed by atoms with E-state index >= 15 is 0 Å². The Morgan fingerprint density at radius 1 is 0.906 bits per heavy atom. The van der Waals surface area contributed by atoms with Crippen LogP contribution in [0.25, 0.3) is 0 Å². The number of nitrogens with zero attached hydrogens (tertiary/aromatic N) is 2. The van der Waals surface area contributed by atoms with Crippen molar-refractivity contribution < 1.29 is 4.79 Å². The maximum Gasteiger partial charge on any atom is 0.232 e. The normalized spacial score (nSPS) is 17.2. The van der Waals surface area contributed by atoms with Crippen molar-refractivity contribution in [3.8, 4) is 0 Å². The molecule has 1 saturated heterocycles. The van der Waals surface area contributed by atoms with E-state index in [4.69, 9.17) is 5.73 Å². The smallest absolute Gasteiger partial charge is 0.232 e. The summed E-state index contributed by atoms with van der Waals surface area (Å²) in [5.74, 6) is -0.0460. The van der Waals surface area contributed by atoms with Crippen molar-refractivity contribution in [1.29, 1.82) is 0 Å². The molecule has 3 rings (SSSR count). The highest BCUT2D eigenvalue weighted by Crippen LogP contribution is 2.43. The molecule has 0 spiro atoms. The number of unbranched alkanes of at least 4 members (excludes halogenated alkanes) is 5. The Balaban J connectivity index is 1.60. The van der Waals surface area contributed by atoms with Crippen molar-refractivity contribution in [2.75, 3.05) is 40.3 Å². The van der Waals surface area contributed by atoms with E-state index < -0.39 is 5.41 Å². The molecule has 4 heteroatoms. The second-order valence-electron chi connectivity index (χ2n) is 9.62. The predicted molar refractivity (Wildman–Crippen MR) is 134 cm³/mol. The molecule has 0 aromatic heterocycles. The van der Waals surface area contributed by atoms with Gasteiger partial charge in [-0.05, 0) is 70.0 Å². The molecule has 1 fully saturated rings. The summed E-state index contributed by atoms with van der Waals surface area (Å²) in [7, 11) is 4.29. The second kappa shape index (κ2) is 12.2. The fourth-order valence-corrected chi connectivity index (χ4v) is 5.39. The van der Waals surface area contributed by atoms with Crippen LogP contribution >= 0.6 is 0 Å². The number of hydrogen-bond donors (Lipinski definition) is 1. The van der Waals surface area contributed by atoms with Crippen LogP contribution in [-0.4, -0.2) is 56.0 Å². The van der Waals surface area contributed by atoms with E-state index in [0.717, 1.165) is 37.2 Å². The van der Waals surface area contributed by atoms with Crippen LogP contribution in [0.3, 0.4) is 0 Å². The minimum atomic E-state index is -0.774. The zero-order valence-corrected chi connectivity index (χ0v) is 20.0. The number of carbonyl (C=O) groups excluding carboxylic acids is 1. The summed E-state index contributed by atoms with van der Waals surface area (Å²) >= 11 is 0. The molecule has 0 saturated carbocycles. The molecule has 1 heterocycles. The van der Waals surface area contributed by atoms with Crippen LogP contribution < -0.4 is 5.73 Å². The Hall–Kier alpha value is -2.17. The molecule has 174 valence electrons. The number of benzene rings is 2. The van der Waals surface area contributed by atoms with Crippen molar-refractivity contribution in [3.63, 3.8) is 0 Å². The first kappa shape index (κ1) is 24.5. The van der Waals surface area contributed by atoms with Crippen molar-refractivity contribution in [3.05, 3.63) is 71.8 Å². The van der Waals surface area contributed by atoms with E-state index in [0.29, 0.717) is 0 Å². The lowest BCUT2D eigenvalue weighted by Crippen LogP contribution is -2.49. The van der Waals surface area contributed by atoms with Crippen LogP contribution in [-0.2, 0) is 10.2 Å². The second-order valence-corrected chi connectivity index (χ2v) is 9.62. The first-order valence-electron chi connectivity index (χ1n) is 12.3. The Bertz CT molecular complexity index is 766. The summed E-state index contributed by atoms with van der Waals surface area (Å²) in [6.45, 7) is 4.28. The van der Waals surface area contributed by atoms with Gasteiger partial charge in [-0.2, -0.15) is 0 Å². The number of carbonyl (C=O) groups is 1. The van der Waals surface area contributed by atoms with Crippen LogP contribution in [0, 0.1) is 5.92 Å². The van der Waals surface area contributed by atoms with Crippen molar-refractivity contribution in [2.24, 2.45) is 11.7 Å². The highest BCUT2D eigenvalue weighted by Gasteiger charge is 2.49. The van der Waals surface area contributed by atoms with Gasteiger partial charge in [0, 0.05) is 6.54 Å². The van der Waals surface area contributed by atoms with Gasteiger partial charge in [-0.3, -0.25) is 4.79 Å². The number of primary amides is 1. The molecule has 1 aliphatic heterocycles. The molecule has 32 heavy (non-hydrogen) atoms. The van der Waals surface area contributed by atoms with E-state index in [1.54, 1.807) is 0 Å². The average molecular weight is 436 g/mol. The molecular weight excluding hydrogens is 394 g/mol. The van der Waals surface area contributed by atoms with Crippen LogP contribution in [0.15, 0.2) is 60.7 Å². The van der Waals surface area contributed by atoms with Gasteiger partial charge in [0.25, 0.3) is 0 Å². The van der Waals surface area contributed by atoms with Crippen molar-refractivity contribution in [2.45, 2.75) is 50.4 Å². The Morgan fingerprint density at radius 3 is 1.97 bits per heavy atom. The topological polar surface area (TPSA) is 49.6 Å². The average Bonchev–Trinajstić information content (AvgIpc) is 3.26.